The van der Waals surface area contributed by atoms with E-state index in [1.165, 1.54) is 6.07 Å². The zero-order valence-corrected chi connectivity index (χ0v) is 21.2. The van der Waals surface area contributed by atoms with Gasteiger partial charge in [0.05, 0.1) is 5.56 Å². The molecule has 0 unspecified atom stereocenters. The van der Waals surface area contributed by atoms with Crippen LogP contribution in [0.15, 0.2) is 23.0 Å². The number of halogens is 3. The van der Waals surface area contributed by atoms with Gasteiger partial charge in [-0.3, -0.25) is 9.59 Å². The number of nitrogens with zero attached hydrogens (tertiary/aromatic N) is 1. The molecule has 0 spiro atoms. The van der Waals surface area contributed by atoms with Crippen molar-refractivity contribution in [1.29, 1.82) is 0 Å². The number of aryl methyl sites for hydroxylation is 2. The maximum absolute atomic E-state index is 13.8. The minimum absolute atomic E-state index is 0.0169. The largest absolute Gasteiger partial charge is 0.416 e. The standard InChI is InChI=1S/C27H36F3N3O2/c1-6-19-8-10-21(11-9-19)33(7-2)24-14-20(27(28,29)30)13-22(18(24)5)25(34)31-15-23-16(3)12-17(4)32-26(23)35/h12-14,19,21H,6-11,15H2,1-5H3,(H,31,34)(H,32,35)/t19-,21-. The molecule has 1 heterocycles. The summed E-state index contributed by atoms with van der Waals surface area (Å²) in [5.74, 6) is 0.0438. The minimum atomic E-state index is -4.58. The van der Waals surface area contributed by atoms with Gasteiger partial charge in [0.25, 0.3) is 11.5 Å². The van der Waals surface area contributed by atoms with Crippen molar-refractivity contribution in [3.8, 4) is 0 Å². The molecule has 192 valence electrons. The number of carbonyl (C=O) groups is 1. The fraction of sp³-hybridized carbons (Fsp3) is 0.556. The van der Waals surface area contributed by atoms with E-state index in [1.807, 2.05) is 11.8 Å². The minimum Gasteiger partial charge on any atom is -0.369 e. The summed E-state index contributed by atoms with van der Waals surface area (Å²) in [6, 6.07) is 4.04. The second kappa shape index (κ2) is 10.9. The van der Waals surface area contributed by atoms with E-state index in [1.54, 1.807) is 26.8 Å². The van der Waals surface area contributed by atoms with Gasteiger partial charge in [0.2, 0.25) is 0 Å². The first-order valence-corrected chi connectivity index (χ1v) is 12.4. The summed E-state index contributed by atoms with van der Waals surface area (Å²) in [5.41, 5.74) is 1.61. The Balaban J connectivity index is 1.95. The molecular formula is C27H36F3N3O2. The molecule has 2 aromatic rings. The summed E-state index contributed by atoms with van der Waals surface area (Å²) < 4.78 is 41.5. The summed E-state index contributed by atoms with van der Waals surface area (Å²) in [5, 5.41) is 2.67. The van der Waals surface area contributed by atoms with Crippen LogP contribution in [0.4, 0.5) is 18.9 Å². The number of aromatic amines is 1. The van der Waals surface area contributed by atoms with Gasteiger partial charge in [-0.1, -0.05) is 13.3 Å². The number of H-pyrrole nitrogens is 1. The average molecular weight is 492 g/mol. The number of hydrogen-bond donors (Lipinski definition) is 2. The van der Waals surface area contributed by atoms with E-state index >= 15 is 0 Å². The Morgan fingerprint density at radius 1 is 1.09 bits per heavy atom. The van der Waals surface area contributed by atoms with E-state index in [9.17, 15) is 22.8 Å². The normalized spacial score (nSPS) is 18.4. The lowest BCUT2D eigenvalue weighted by Crippen LogP contribution is -2.39. The molecule has 5 nitrogen and oxygen atoms in total. The summed E-state index contributed by atoms with van der Waals surface area (Å²) in [4.78, 5) is 30.1. The second-order valence-corrected chi connectivity index (χ2v) is 9.66. The van der Waals surface area contributed by atoms with Gasteiger partial charge in [-0.15, -0.1) is 0 Å². The highest BCUT2D eigenvalue weighted by Gasteiger charge is 2.34. The van der Waals surface area contributed by atoms with Crippen molar-refractivity contribution in [3.05, 3.63) is 62.1 Å². The quantitative estimate of drug-likeness (QED) is 0.496. The van der Waals surface area contributed by atoms with Crippen molar-refractivity contribution < 1.29 is 18.0 Å². The third kappa shape index (κ3) is 6.08. The lowest BCUT2D eigenvalue weighted by atomic mass is 9.83. The Morgan fingerprint density at radius 2 is 1.74 bits per heavy atom. The fourth-order valence-electron chi connectivity index (χ4n) is 5.25. The molecule has 2 N–H and O–H groups in total. The molecule has 1 aliphatic rings. The number of alkyl halides is 3. The van der Waals surface area contributed by atoms with Gasteiger partial charge in [-0.25, -0.2) is 0 Å². The maximum atomic E-state index is 13.8. The zero-order valence-electron chi connectivity index (χ0n) is 21.2. The van der Waals surface area contributed by atoms with Gasteiger partial charge in [-0.05, 0) is 88.6 Å². The van der Waals surface area contributed by atoms with Crippen LogP contribution in [0.2, 0.25) is 0 Å². The molecular weight excluding hydrogens is 455 g/mol. The summed E-state index contributed by atoms with van der Waals surface area (Å²) in [6.07, 6.45) is 0.523. The van der Waals surface area contributed by atoms with E-state index in [0.29, 0.717) is 40.5 Å². The molecule has 0 saturated heterocycles. The van der Waals surface area contributed by atoms with Crippen molar-refractivity contribution in [2.75, 3.05) is 11.4 Å². The van der Waals surface area contributed by atoms with E-state index in [2.05, 4.69) is 17.2 Å². The highest BCUT2D eigenvalue weighted by atomic mass is 19.4. The van der Waals surface area contributed by atoms with Crippen LogP contribution in [0, 0.1) is 26.7 Å². The topological polar surface area (TPSA) is 65.2 Å². The monoisotopic (exact) mass is 491 g/mol. The Kier molecular flexibility index (Phi) is 8.34. The van der Waals surface area contributed by atoms with E-state index in [4.69, 9.17) is 0 Å². The van der Waals surface area contributed by atoms with Crippen LogP contribution in [0.1, 0.15) is 84.3 Å². The van der Waals surface area contributed by atoms with Crippen molar-refractivity contribution in [3.63, 3.8) is 0 Å². The van der Waals surface area contributed by atoms with Crippen LogP contribution in [-0.2, 0) is 12.7 Å². The van der Waals surface area contributed by atoms with Gasteiger partial charge < -0.3 is 15.2 Å². The second-order valence-electron chi connectivity index (χ2n) is 9.66. The first-order valence-electron chi connectivity index (χ1n) is 12.4. The molecule has 1 fully saturated rings. The van der Waals surface area contributed by atoms with E-state index in [0.717, 1.165) is 38.2 Å². The zero-order chi connectivity index (χ0) is 25.9. The van der Waals surface area contributed by atoms with E-state index in [-0.39, 0.29) is 23.7 Å². The average Bonchev–Trinajstić information content (AvgIpc) is 2.79. The number of amides is 1. The fourth-order valence-corrected chi connectivity index (χ4v) is 5.25. The number of benzene rings is 1. The van der Waals surface area contributed by atoms with Crippen molar-refractivity contribution >= 4 is 11.6 Å². The number of pyridine rings is 1. The third-order valence-electron chi connectivity index (χ3n) is 7.36. The predicted molar refractivity (Wildman–Crippen MR) is 133 cm³/mol. The molecule has 1 aromatic heterocycles. The molecule has 0 aliphatic heterocycles. The van der Waals surface area contributed by atoms with Gasteiger partial charge in [-0.2, -0.15) is 13.2 Å². The lowest BCUT2D eigenvalue weighted by Gasteiger charge is -2.39. The molecule has 8 heteroatoms. The number of aromatic nitrogens is 1. The summed E-state index contributed by atoms with van der Waals surface area (Å²) in [6.45, 7) is 9.84. The number of nitrogens with one attached hydrogen (secondary N) is 2. The number of carbonyl (C=O) groups excluding carboxylic acids is 1. The van der Waals surface area contributed by atoms with Crippen LogP contribution < -0.4 is 15.8 Å². The molecule has 0 bridgehead atoms. The van der Waals surface area contributed by atoms with Crippen LogP contribution in [0.3, 0.4) is 0 Å². The van der Waals surface area contributed by atoms with Crippen molar-refractivity contribution in [2.24, 2.45) is 5.92 Å². The SMILES string of the molecule is CCN(c1cc(C(F)(F)F)cc(C(=O)NCc2c(C)cc(C)[nH]c2=O)c1C)[C@H]1CC[C@H](CC)CC1. The predicted octanol–water partition coefficient (Wildman–Crippen LogP) is 6.04. The number of anilines is 1. The highest BCUT2D eigenvalue weighted by Crippen LogP contribution is 2.38. The van der Waals surface area contributed by atoms with Gasteiger partial charge in [0.15, 0.2) is 0 Å². The van der Waals surface area contributed by atoms with Gasteiger partial charge in [0, 0.05) is 41.6 Å². The molecule has 3 rings (SSSR count). The number of rotatable bonds is 7. The van der Waals surface area contributed by atoms with Crippen LogP contribution >= 0.6 is 0 Å². The first kappa shape index (κ1) is 26.8. The van der Waals surface area contributed by atoms with Crippen LogP contribution in [-0.4, -0.2) is 23.5 Å². The summed E-state index contributed by atoms with van der Waals surface area (Å²) in [7, 11) is 0. The molecule has 1 aromatic carbocycles. The third-order valence-corrected chi connectivity index (χ3v) is 7.36. The van der Waals surface area contributed by atoms with Crippen molar-refractivity contribution in [2.45, 2.75) is 85.5 Å². The molecule has 1 amide bonds. The Bertz CT molecular complexity index is 1120. The van der Waals surface area contributed by atoms with Crippen molar-refractivity contribution in [1.82, 2.24) is 10.3 Å². The lowest BCUT2D eigenvalue weighted by molar-refractivity contribution is -0.137. The summed E-state index contributed by atoms with van der Waals surface area (Å²) >= 11 is 0. The van der Waals surface area contributed by atoms with Gasteiger partial charge in [0.1, 0.15) is 0 Å². The van der Waals surface area contributed by atoms with E-state index < -0.39 is 17.6 Å². The van der Waals surface area contributed by atoms with Crippen LogP contribution in [0.5, 0.6) is 0 Å². The van der Waals surface area contributed by atoms with Crippen LogP contribution in [0.25, 0.3) is 0 Å². The maximum Gasteiger partial charge on any atom is 0.416 e. The molecule has 0 atom stereocenters. The molecule has 1 saturated carbocycles. The van der Waals surface area contributed by atoms with Gasteiger partial charge >= 0.3 is 6.18 Å². The Labute approximate surface area is 205 Å². The first-order chi connectivity index (χ1) is 16.5. The molecule has 0 radical (unpaired) electrons. The number of hydrogen-bond acceptors (Lipinski definition) is 3. The smallest absolute Gasteiger partial charge is 0.369 e. The molecule has 35 heavy (non-hydrogen) atoms. The Morgan fingerprint density at radius 3 is 2.29 bits per heavy atom. The Hall–Kier alpha value is -2.77. The highest BCUT2D eigenvalue weighted by molar-refractivity contribution is 5.97. The molecule has 1 aliphatic carbocycles.